The monoisotopic (exact) mass is 410 g/mol. The second-order valence-corrected chi connectivity index (χ2v) is 7.52. The Labute approximate surface area is 170 Å². The van der Waals surface area contributed by atoms with Crippen molar-refractivity contribution in [1.29, 1.82) is 0 Å². The second-order valence-electron chi connectivity index (χ2n) is 7.52. The normalized spacial score (nSPS) is 11.5. The molecule has 2 aromatic heterocycles. The van der Waals surface area contributed by atoms with E-state index in [2.05, 4.69) is 4.98 Å². The maximum atomic E-state index is 13.9. The smallest absolute Gasteiger partial charge is 0.320 e. The van der Waals surface area contributed by atoms with Gasteiger partial charge in [0.25, 0.3) is 5.56 Å². The summed E-state index contributed by atoms with van der Waals surface area (Å²) in [5.74, 6) is -2.11. The summed E-state index contributed by atoms with van der Waals surface area (Å²) in [7, 11) is 0. The fraction of sp³-hybridized carbons (Fsp3) is 0.227. The van der Waals surface area contributed by atoms with E-state index in [1.165, 1.54) is 12.4 Å². The molecule has 4 rings (SSSR count). The SMILES string of the molecule is Cc1ccc(Cn2cnc3c2c(=O)n(C(C)C)c(=O)n3-c2ccc(F)c(F)c2)cc1. The van der Waals surface area contributed by atoms with Gasteiger partial charge in [0.15, 0.2) is 22.8 Å². The van der Waals surface area contributed by atoms with Gasteiger partial charge in [-0.2, -0.15) is 0 Å². The summed E-state index contributed by atoms with van der Waals surface area (Å²) in [6, 6.07) is 10.6. The molecule has 0 aliphatic rings. The Balaban J connectivity index is 2.01. The number of hydrogen-bond donors (Lipinski definition) is 0. The van der Waals surface area contributed by atoms with Crippen LogP contribution in [0, 0.1) is 18.6 Å². The van der Waals surface area contributed by atoms with E-state index in [-0.39, 0.29) is 16.9 Å². The Kier molecular flexibility index (Phi) is 4.85. The molecule has 0 saturated heterocycles. The van der Waals surface area contributed by atoms with Gasteiger partial charge < -0.3 is 4.57 Å². The first-order valence-corrected chi connectivity index (χ1v) is 9.51. The van der Waals surface area contributed by atoms with Crippen LogP contribution in [-0.2, 0) is 6.54 Å². The van der Waals surface area contributed by atoms with Crippen molar-refractivity contribution in [2.75, 3.05) is 0 Å². The van der Waals surface area contributed by atoms with Gasteiger partial charge in [0.2, 0.25) is 0 Å². The molecule has 6 nitrogen and oxygen atoms in total. The lowest BCUT2D eigenvalue weighted by atomic mass is 10.1. The lowest BCUT2D eigenvalue weighted by Gasteiger charge is -2.15. The van der Waals surface area contributed by atoms with Crippen LogP contribution < -0.4 is 11.2 Å². The van der Waals surface area contributed by atoms with Crippen molar-refractivity contribution in [1.82, 2.24) is 18.7 Å². The molecule has 0 spiro atoms. The first-order valence-electron chi connectivity index (χ1n) is 9.51. The van der Waals surface area contributed by atoms with Crippen molar-refractivity contribution in [2.45, 2.75) is 33.4 Å². The van der Waals surface area contributed by atoms with Gasteiger partial charge in [-0.1, -0.05) is 29.8 Å². The van der Waals surface area contributed by atoms with Gasteiger partial charge in [-0.15, -0.1) is 0 Å². The molecule has 0 radical (unpaired) electrons. The van der Waals surface area contributed by atoms with Gasteiger partial charge >= 0.3 is 5.69 Å². The molecule has 8 heteroatoms. The quantitative estimate of drug-likeness (QED) is 0.517. The minimum Gasteiger partial charge on any atom is -0.320 e. The number of benzene rings is 2. The third-order valence-electron chi connectivity index (χ3n) is 5.00. The molecule has 0 saturated carbocycles. The van der Waals surface area contributed by atoms with Crippen molar-refractivity contribution in [2.24, 2.45) is 0 Å². The molecule has 0 bridgehead atoms. The van der Waals surface area contributed by atoms with Crippen LogP contribution in [0.15, 0.2) is 58.4 Å². The van der Waals surface area contributed by atoms with Crippen LogP contribution in [0.4, 0.5) is 8.78 Å². The first-order chi connectivity index (χ1) is 14.3. The van der Waals surface area contributed by atoms with Gasteiger partial charge in [-0.25, -0.2) is 23.1 Å². The summed E-state index contributed by atoms with van der Waals surface area (Å²) in [5.41, 5.74) is 1.35. The zero-order chi connectivity index (χ0) is 21.6. The number of halogens is 2. The number of aromatic nitrogens is 4. The van der Waals surface area contributed by atoms with Gasteiger partial charge in [-0.05, 0) is 38.5 Å². The van der Waals surface area contributed by atoms with Crippen LogP contribution in [0.3, 0.4) is 0 Å². The number of aryl methyl sites for hydroxylation is 1. The molecule has 0 aliphatic heterocycles. The highest BCUT2D eigenvalue weighted by Gasteiger charge is 2.21. The van der Waals surface area contributed by atoms with Crippen LogP contribution in [0.25, 0.3) is 16.9 Å². The molecular formula is C22H20F2N4O2. The Morgan fingerprint density at radius 3 is 2.33 bits per heavy atom. The molecule has 0 amide bonds. The summed E-state index contributed by atoms with van der Waals surface area (Å²) < 4.78 is 31.2. The van der Waals surface area contributed by atoms with Crippen LogP contribution >= 0.6 is 0 Å². The molecule has 0 fully saturated rings. The highest BCUT2D eigenvalue weighted by atomic mass is 19.2. The predicted molar refractivity (Wildman–Crippen MR) is 110 cm³/mol. The molecule has 2 aromatic carbocycles. The van der Waals surface area contributed by atoms with Gasteiger partial charge in [0.05, 0.1) is 12.0 Å². The Hall–Kier alpha value is -3.55. The van der Waals surface area contributed by atoms with E-state index in [1.807, 2.05) is 31.2 Å². The van der Waals surface area contributed by atoms with Crippen LogP contribution in [-0.4, -0.2) is 18.7 Å². The van der Waals surface area contributed by atoms with Crippen molar-refractivity contribution in [3.63, 3.8) is 0 Å². The average molecular weight is 410 g/mol. The van der Waals surface area contributed by atoms with E-state index in [9.17, 15) is 18.4 Å². The van der Waals surface area contributed by atoms with E-state index in [0.29, 0.717) is 6.54 Å². The predicted octanol–water partition coefficient (Wildman–Crippen LogP) is 3.56. The topological polar surface area (TPSA) is 61.8 Å². The number of hydrogen-bond acceptors (Lipinski definition) is 3. The Morgan fingerprint density at radius 1 is 1.00 bits per heavy atom. The van der Waals surface area contributed by atoms with E-state index in [4.69, 9.17) is 0 Å². The molecule has 30 heavy (non-hydrogen) atoms. The van der Waals surface area contributed by atoms with Gasteiger partial charge in [-0.3, -0.25) is 9.36 Å². The maximum Gasteiger partial charge on any atom is 0.337 e. The maximum absolute atomic E-state index is 13.9. The number of imidazole rings is 1. The van der Waals surface area contributed by atoms with Crippen molar-refractivity contribution in [3.8, 4) is 5.69 Å². The highest BCUT2D eigenvalue weighted by molar-refractivity contribution is 5.72. The third-order valence-corrected chi connectivity index (χ3v) is 5.00. The molecule has 0 unspecified atom stereocenters. The van der Waals surface area contributed by atoms with E-state index in [0.717, 1.165) is 32.4 Å². The second kappa shape index (κ2) is 7.37. The van der Waals surface area contributed by atoms with Gasteiger partial charge in [0, 0.05) is 18.7 Å². The molecule has 154 valence electrons. The van der Waals surface area contributed by atoms with E-state index >= 15 is 0 Å². The molecule has 2 heterocycles. The van der Waals surface area contributed by atoms with Crippen molar-refractivity contribution >= 4 is 11.2 Å². The van der Waals surface area contributed by atoms with Crippen LogP contribution in [0.2, 0.25) is 0 Å². The van der Waals surface area contributed by atoms with Crippen molar-refractivity contribution in [3.05, 3.63) is 92.4 Å². The molecular weight excluding hydrogens is 390 g/mol. The first kappa shape index (κ1) is 19.8. The number of fused-ring (bicyclic) bond motifs is 1. The zero-order valence-corrected chi connectivity index (χ0v) is 16.8. The standard InChI is InChI=1S/C22H20F2N4O2/c1-13(2)27-21(29)19-20(25-12-26(19)11-15-6-4-14(3)5-7-15)28(22(27)30)16-8-9-17(23)18(24)10-16/h4-10,12-13H,11H2,1-3H3. The van der Waals surface area contributed by atoms with Crippen molar-refractivity contribution < 1.29 is 8.78 Å². The lowest BCUT2D eigenvalue weighted by Crippen LogP contribution is -2.41. The van der Waals surface area contributed by atoms with E-state index < -0.39 is 28.9 Å². The fourth-order valence-corrected chi connectivity index (χ4v) is 3.48. The Bertz CT molecular complexity index is 1370. The highest BCUT2D eigenvalue weighted by Crippen LogP contribution is 2.18. The minimum atomic E-state index is -1.09. The van der Waals surface area contributed by atoms with Crippen LogP contribution in [0.1, 0.15) is 31.0 Å². The third kappa shape index (κ3) is 3.24. The number of rotatable bonds is 4. The summed E-state index contributed by atoms with van der Waals surface area (Å²) in [6.45, 7) is 5.79. The molecule has 4 aromatic rings. The van der Waals surface area contributed by atoms with Gasteiger partial charge in [0.1, 0.15) is 0 Å². The zero-order valence-electron chi connectivity index (χ0n) is 16.8. The summed E-state index contributed by atoms with van der Waals surface area (Å²) >= 11 is 0. The van der Waals surface area contributed by atoms with Crippen LogP contribution in [0.5, 0.6) is 0 Å². The lowest BCUT2D eigenvalue weighted by molar-refractivity contribution is 0.506. The number of nitrogens with zero attached hydrogens (tertiary/aromatic N) is 4. The largest absolute Gasteiger partial charge is 0.337 e. The Morgan fingerprint density at radius 2 is 1.70 bits per heavy atom. The summed E-state index contributed by atoms with van der Waals surface area (Å²) in [4.78, 5) is 30.6. The summed E-state index contributed by atoms with van der Waals surface area (Å²) in [6.07, 6.45) is 1.48. The minimum absolute atomic E-state index is 0.0962. The average Bonchev–Trinajstić information content (AvgIpc) is 3.09. The molecule has 0 N–H and O–H groups in total. The summed E-state index contributed by atoms with van der Waals surface area (Å²) in [5, 5.41) is 0. The fourth-order valence-electron chi connectivity index (χ4n) is 3.48. The molecule has 0 atom stereocenters. The van der Waals surface area contributed by atoms with E-state index in [1.54, 1.807) is 18.4 Å². The molecule has 0 aliphatic carbocycles.